The van der Waals surface area contributed by atoms with Gasteiger partial charge >= 0.3 is 6.09 Å². The summed E-state index contributed by atoms with van der Waals surface area (Å²) in [5, 5.41) is 3.19. The van der Waals surface area contributed by atoms with Crippen molar-refractivity contribution in [2.45, 2.75) is 38.8 Å². The van der Waals surface area contributed by atoms with Gasteiger partial charge in [0.05, 0.1) is 17.8 Å². The summed E-state index contributed by atoms with van der Waals surface area (Å²) in [7, 11) is 1.37. The molecule has 25 heavy (non-hydrogen) atoms. The second-order valence-electron chi connectivity index (χ2n) is 6.63. The highest BCUT2D eigenvalue weighted by Gasteiger charge is 2.36. The molecule has 2 aliphatic rings. The molecule has 0 spiro atoms. The third kappa shape index (κ3) is 4.30. The van der Waals surface area contributed by atoms with Crippen LogP contribution in [0, 0.1) is 6.92 Å². The summed E-state index contributed by atoms with van der Waals surface area (Å²) in [6.07, 6.45) is 2.24. The number of likely N-dealkylation sites (tertiary alicyclic amines) is 1. The lowest BCUT2D eigenvalue weighted by Gasteiger charge is -2.40. The van der Waals surface area contributed by atoms with Crippen LogP contribution in [-0.4, -0.2) is 77.6 Å². The summed E-state index contributed by atoms with van der Waals surface area (Å²) in [6, 6.07) is -0.367. The molecule has 0 radical (unpaired) electrons. The zero-order valence-corrected chi connectivity index (χ0v) is 15.8. The third-order valence-corrected chi connectivity index (χ3v) is 5.76. The number of piperazine rings is 1. The maximum absolute atomic E-state index is 12.9. The Labute approximate surface area is 152 Å². The number of thiazole rings is 1. The minimum Gasteiger partial charge on any atom is -0.453 e. The fourth-order valence-corrected chi connectivity index (χ4v) is 4.17. The summed E-state index contributed by atoms with van der Waals surface area (Å²) in [5.74, 6) is 0.0641. The van der Waals surface area contributed by atoms with Crippen LogP contribution in [0.3, 0.4) is 0 Å². The zero-order chi connectivity index (χ0) is 17.8. The molecule has 0 saturated carbocycles. The number of ether oxygens (including phenoxy) is 1. The number of carbonyl (C=O) groups is 2. The van der Waals surface area contributed by atoms with Gasteiger partial charge in [0.2, 0.25) is 5.91 Å². The van der Waals surface area contributed by atoms with Gasteiger partial charge < -0.3 is 9.64 Å². The van der Waals surface area contributed by atoms with Crippen LogP contribution in [0.2, 0.25) is 0 Å². The number of hydrogen-bond acceptors (Lipinski definition) is 6. The molecule has 3 heterocycles. The predicted octanol–water partition coefficient (Wildman–Crippen LogP) is 1.72. The van der Waals surface area contributed by atoms with Crippen LogP contribution in [0.4, 0.5) is 4.79 Å². The maximum atomic E-state index is 12.9. The highest BCUT2D eigenvalue weighted by atomic mass is 32.1. The number of piperidine rings is 1. The van der Waals surface area contributed by atoms with E-state index < -0.39 is 6.09 Å². The minimum atomic E-state index is -0.393. The zero-order valence-electron chi connectivity index (χ0n) is 14.9. The van der Waals surface area contributed by atoms with Crippen LogP contribution in [0.25, 0.3) is 0 Å². The highest BCUT2D eigenvalue weighted by Crippen LogP contribution is 2.21. The number of hydrogen-bond donors (Lipinski definition) is 0. The average Bonchev–Trinajstić information content (AvgIpc) is 3.06. The van der Waals surface area contributed by atoms with Crippen LogP contribution in [0.1, 0.15) is 30.0 Å². The van der Waals surface area contributed by atoms with Crippen molar-refractivity contribution in [2.75, 3.05) is 39.8 Å². The lowest BCUT2D eigenvalue weighted by atomic mass is 10.0. The number of nitrogens with zero attached hydrogens (tertiary/aromatic N) is 4. The van der Waals surface area contributed by atoms with Gasteiger partial charge in [-0.05, 0) is 26.2 Å². The van der Waals surface area contributed by atoms with Crippen molar-refractivity contribution >= 4 is 23.3 Å². The molecule has 2 aliphatic heterocycles. The van der Waals surface area contributed by atoms with Crippen molar-refractivity contribution in [1.82, 2.24) is 19.7 Å². The Morgan fingerprint density at radius 2 is 2.00 bits per heavy atom. The largest absolute Gasteiger partial charge is 0.453 e. The molecule has 1 aromatic rings. The van der Waals surface area contributed by atoms with Crippen LogP contribution < -0.4 is 0 Å². The van der Waals surface area contributed by atoms with E-state index in [1.807, 2.05) is 11.8 Å². The van der Waals surface area contributed by atoms with Crippen molar-refractivity contribution < 1.29 is 14.3 Å². The molecule has 2 saturated heterocycles. The van der Waals surface area contributed by atoms with Crippen LogP contribution in [0.15, 0.2) is 5.38 Å². The normalized spacial score (nSPS) is 22.1. The highest BCUT2D eigenvalue weighted by molar-refractivity contribution is 7.09. The molecule has 1 aromatic heterocycles. The van der Waals surface area contributed by atoms with Crippen molar-refractivity contribution in [1.29, 1.82) is 0 Å². The second kappa shape index (κ2) is 8.14. The summed E-state index contributed by atoms with van der Waals surface area (Å²) in [5.41, 5.74) is 1.10. The van der Waals surface area contributed by atoms with Crippen LogP contribution in [-0.2, 0) is 16.1 Å². The van der Waals surface area contributed by atoms with Gasteiger partial charge in [0.1, 0.15) is 6.04 Å². The molecule has 3 rings (SSSR count). The number of amides is 2. The van der Waals surface area contributed by atoms with Gasteiger partial charge in [-0.3, -0.25) is 14.6 Å². The molecular weight excluding hydrogens is 340 g/mol. The first-order valence-electron chi connectivity index (χ1n) is 8.85. The van der Waals surface area contributed by atoms with Gasteiger partial charge in [-0.1, -0.05) is 0 Å². The molecule has 2 fully saturated rings. The summed E-state index contributed by atoms with van der Waals surface area (Å²) < 4.78 is 4.84. The monoisotopic (exact) mass is 366 g/mol. The van der Waals surface area contributed by atoms with Gasteiger partial charge in [0, 0.05) is 44.6 Å². The molecule has 7 nitrogen and oxygen atoms in total. The number of aryl methyl sites for hydroxylation is 1. The first kappa shape index (κ1) is 18.1. The lowest BCUT2D eigenvalue weighted by Crippen LogP contribution is -2.57. The van der Waals surface area contributed by atoms with Gasteiger partial charge in [-0.25, -0.2) is 9.78 Å². The molecule has 0 N–H and O–H groups in total. The van der Waals surface area contributed by atoms with E-state index in [9.17, 15) is 9.59 Å². The maximum Gasteiger partial charge on any atom is 0.410 e. The second-order valence-corrected chi connectivity index (χ2v) is 7.70. The van der Waals surface area contributed by atoms with E-state index in [0.717, 1.165) is 49.6 Å². The molecule has 2 amide bonds. The number of rotatable bonds is 3. The Hall–Kier alpha value is -1.67. The van der Waals surface area contributed by atoms with Crippen LogP contribution in [0.5, 0.6) is 0 Å². The third-order valence-electron chi connectivity index (χ3n) is 4.93. The summed E-state index contributed by atoms with van der Waals surface area (Å²) >= 11 is 1.67. The van der Waals surface area contributed by atoms with E-state index in [1.54, 1.807) is 16.2 Å². The molecule has 138 valence electrons. The van der Waals surface area contributed by atoms with E-state index in [1.165, 1.54) is 7.11 Å². The summed E-state index contributed by atoms with van der Waals surface area (Å²) in [6.45, 7) is 6.54. The van der Waals surface area contributed by atoms with Gasteiger partial charge in [0.15, 0.2) is 0 Å². The van der Waals surface area contributed by atoms with Crippen molar-refractivity contribution in [3.05, 3.63) is 16.1 Å². The topological polar surface area (TPSA) is 66.0 Å². The molecule has 1 atom stereocenters. The minimum absolute atomic E-state index is 0.0641. The van der Waals surface area contributed by atoms with Gasteiger partial charge in [-0.2, -0.15) is 0 Å². The molecule has 0 bridgehead atoms. The van der Waals surface area contributed by atoms with Crippen LogP contribution >= 0.6 is 11.3 Å². The van der Waals surface area contributed by atoms with Crippen molar-refractivity contribution in [3.63, 3.8) is 0 Å². The smallest absolute Gasteiger partial charge is 0.410 e. The number of carbonyl (C=O) groups excluding carboxylic acids is 2. The van der Waals surface area contributed by atoms with Gasteiger partial charge in [0.25, 0.3) is 0 Å². The quantitative estimate of drug-likeness (QED) is 0.815. The molecular formula is C17H26N4O3S. The van der Waals surface area contributed by atoms with Crippen molar-refractivity contribution in [2.24, 2.45) is 0 Å². The van der Waals surface area contributed by atoms with E-state index >= 15 is 0 Å². The molecule has 0 aliphatic carbocycles. The molecule has 8 heteroatoms. The van der Waals surface area contributed by atoms with E-state index in [4.69, 9.17) is 4.74 Å². The first-order chi connectivity index (χ1) is 12.1. The fraction of sp³-hybridized carbons (Fsp3) is 0.706. The Morgan fingerprint density at radius 3 is 2.64 bits per heavy atom. The number of aromatic nitrogens is 1. The lowest BCUT2D eigenvalue weighted by molar-refractivity contribution is -0.139. The Kier molecular flexibility index (Phi) is 5.90. The number of methoxy groups -OCH3 is 1. The van der Waals surface area contributed by atoms with Crippen molar-refractivity contribution in [3.8, 4) is 0 Å². The Bertz CT molecular complexity index is 613. The Balaban J connectivity index is 1.54. The van der Waals surface area contributed by atoms with E-state index in [-0.39, 0.29) is 11.9 Å². The van der Waals surface area contributed by atoms with E-state index in [0.29, 0.717) is 19.6 Å². The predicted molar refractivity (Wildman–Crippen MR) is 95.5 cm³/mol. The molecule has 0 aromatic carbocycles. The fourth-order valence-electron chi connectivity index (χ4n) is 3.57. The average molecular weight is 366 g/mol. The standard InChI is InChI=1S/C17H26N4O3S/c1-13-18-14(12-25-13)11-19-7-9-20(10-8-19)16(22)15-5-3-4-6-21(15)17(23)24-2/h12,15H,3-11H2,1-2H3/t15-/m1/s1. The summed E-state index contributed by atoms with van der Waals surface area (Å²) in [4.78, 5) is 35.2. The SMILES string of the molecule is COC(=O)N1CCCC[C@@H]1C(=O)N1CCN(Cc2csc(C)n2)CC1. The Morgan fingerprint density at radius 1 is 1.24 bits per heavy atom. The van der Waals surface area contributed by atoms with E-state index in [2.05, 4.69) is 15.3 Å². The van der Waals surface area contributed by atoms with Gasteiger partial charge in [-0.15, -0.1) is 11.3 Å². The molecule has 0 unspecified atom stereocenters. The first-order valence-corrected chi connectivity index (χ1v) is 9.73.